The number of primary amides is 1. The minimum Gasteiger partial charge on any atom is -0.366 e. The average molecular weight is 423 g/mol. The van der Waals surface area contributed by atoms with E-state index < -0.39 is 5.91 Å². The van der Waals surface area contributed by atoms with E-state index in [1.165, 1.54) is 4.90 Å². The number of carbonyl (C=O) groups excluding carboxylic acids is 3. The predicted octanol–water partition coefficient (Wildman–Crippen LogP) is 2.46. The summed E-state index contributed by atoms with van der Waals surface area (Å²) >= 11 is 0. The lowest BCUT2D eigenvalue weighted by Crippen LogP contribution is -2.42. The molecule has 0 bridgehead atoms. The van der Waals surface area contributed by atoms with E-state index in [-0.39, 0.29) is 24.9 Å². The standard InChI is InChI=1S/C24H30N4O3/c1-16-5-4-6-17(2)23(16)26-21(29)14-27(3)22(30)15-28(20-11-12-20)13-18-7-9-19(10-8-18)24(25)31/h4-10,20H,11-15H2,1-3H3,(H2,25,31)(H,26,29). The summed E-state index contributed by atoms with van der Waals surface area (Å²) in [5, 5.41) is 2.92. The molecule has 7 nitrogen and oxygen atoms in total. The fourth-order valence-electron chi connectivity index (χ4n) is 3.55. The molecule has 3 rings (SSSR count). The number of carbonyl (C=O) groups is 3. The van der Waals surface area contributed by atoms with Crippen molar-refractivity contribution >= 4 is 23.4 Å². The molecule has 1 saturated carbocycles. The van der Waals surface area contributed by atoms with Crippen LogP contribution in [0.3, 0.4) is 0 Å². The highest BCUT2D eigenvalue weighted by molar-refractivity contribution is 5.96. The molecular weight excluding hydrogens is 392 g/mol. The number of rotatable bonds is 9. The predicted molar refractivity (Wildman–Crippen MR) is 121 cm³/mol. The zero-order valence-corrected chi connectivity index (χ0v) is 18.4. The topological polar surface area (TPSA) is 95.7 Å². The van der Waals surface area contributed by atoms with Gasteiger partial charge in [0.1, 0.15) is 0 Å². The molecule has 0 heterocycles. The first-order valence-electron chi connectivity index (χ1n) is 10.5. The number of nitrogens with zero attached hydrogens (tertiary/aromatic N) is 2. The molecule has 0 aliphatic heterocycles. The number of hydrogen-bond donors (Lipinski definition) is 2. The Kier molecular flexibility index (Phi) is 7.07. The van der Waals surface area contributed by atoms with Gasteiger partial charge in [0.25, 0.3) is 0 Å². The fraction of sp³-hybridized carbons (Fsp3) is 0.375. The first-order valence-corrected chi connectivity index (χ1v) is 10.5. The zero-order valence-electron chi connectivity index (χ0n) is 18.4. The number of para-hydroxylation sites is 1. The van der Waals surface area contributed by atoms with Crippen molar-refractivity contribution in [2.24, 2.45) is 5.73 Å². The smallest absolute Gasteiger partial charge is 0.248 e. The lowest BCUT2D eigenvalue weighted by molar-refractivity contribution is -0.134. The lowest BCUT2D eigenvalue weighted by atomic mass is 10.1. The molecule has 164 valence electrons. The SMILES string of the molecule is Cc1cccc(C)c1NC(=O)CN(C)C(=O)CN(Cc1ccc(C(N)=O)cc1)C1CC1. The molecule has 0 radical (unpaired) electrons. The largest absolute Gasteiger partial charge is 0.366 e. The van der Waals surface area contributed by atoms with Crippen LogP contribution in [-0.2, 0) is 16.1 Å². The van der Waals surface area contributed by atoms with Crippen LogP contribution >= 0.6 is 0 Å². The summed E-state index contributed by atoms with van der Waals surface area (Å²) in [4.78, 5) is 40.1. The summed E-state index contributed by atoms with van der Waals surface area (Å²) in [6, 6.07) is 13.3. The second kappa shape index (κ2) is 9.75. The Bertz CT molecular complexity index is 947. The Morgan fingerprint density at radius 1 is 1.00 bits per heavy atom. The van der Waals surface area contributed by atoms with Crippen LogP contribution in [0.15, 0.2) is 42.5 Å². The summed E-state index contributed by atoms with van der Waals surface area (Å²) in [5.41, 5.74) is 9.55. The first-order chi connectivity index (χ1) is 14.7. The van der Waals surface area contributed by atoms with Gasteiger partial charge in [-0.05, 0) is 55.5 Å². The van der Waals surface area contributed by atoms with Crippen LogP contribution in [0.25, 0.3) is 0 Å². The maximum Gasteiger partial charge on any atom is 0.248 e. The van der Waals surface area contributed by atoms with Crippen molar-refractivity contribution in [1.82, 2.24) is 9.80 Å². The molecule has 2 aromatic rings. The molecule has 3 amide bonds. The van der Waals surface area contributed by atoms with Gasteiger partial charge in [-0.3, -0.25) is 19.3 Å². The van der Waals surface area contributed by atoms with Gasteiger partial charge in [0.05, 0.1) is 13.1 Å². The third kappa shape index (κ3) is 6.15. The van der Waals surface area contributed by atoms with Gasteiger partial charge in [0.15, 0.2) is 0 Å². The molecule has 0 spiro atoms. The molecule has 1 aliphatic rings. The summed E-state index contributed by atoms with van der Waals surface area (Å²) in [7, 11) is 1.65. The van der Waals surface area contributed by atoms with Crippen LogP contribution in [0.4, 0.5) is 5.69 Å². The van der Waals surface area contributed by atoms with E-state index in [9.17, 15) is 14.4 Å². The summed E-state index contributed by atoms with van der Waals surface area (Å²) < 4.78 is 0. The molecule has 1 aliphatic carbocycles. The van der Waals surface area contributed by atoms with Gasteiger partial charge in [-0.25, -0.2) is 0 Å². The number of likely N-dealkylation sites (N-methyl/N-ethyl adjacent to an activating group) is 1. The fourth-order valence-corrected chi connectivity index (χ4v) is 3.55. The quantitative estimate of drug-likeness (QED) is 0.649. The second-order valence-electron chi connectivity index (χ2n) is 8.26. The number of anilines is 1. The monoisotopic (exact) mass is 422 g/mol. The van der Waals surface area contributed by atoms with E-state index in [4.69, 9.17) is 5.73 Å². The summed E-state index contributed by atoms with van der Waals surface area (Å²) in [5.74, 6) is -0.771. The highest BCUT2D eigenvalue weighted by Gasteiger charge is 2.31. The maximum absolute atomic E-state index is 12.8. The van der Waals surface area contributed by atoms with Crippen molar-refractivity contribution in [2.45, 2.75) is 39.3 Å². The number of hydrogen-bond acceptors (Lipinski definition) is 4. The molecule has 1 fully saturated rings. The van der Waals surface area contributed by atoms with Crippen molar-refractivity contribution in [1.29, 1.82) is 0 Å². The van der Waals surface area contributed by atoms with Crippen LogP contribution < -0.4 is 11.1 Å². The van der Waals surface area contributed by atoms with Gasteiger partial charge in [-0.2, -0.15) is 0 Å². The first kappa shape index (κ1) is 22.5. The van der Waals surface area contributed by atoms with E-state index in [2.05, 4.69) is 10.2 Å². The van der Waals surface area contributed by atoms with Crippen molar-refractivity contribution in [3.8, 4) is 0 Å². The molecule has 2 aromatic carbocycles. The number of nitrogens with one attached hydrogen (secondary N) is 1. The number of aryl methyl sites for hydroxylation is 2. The molecule has 31 heavy (non-hydrogen) atoms. The van der Waals surface area contributed by atoms with Crippen molar-refractivity contribution in [2.75, 3.05) is 25.5 Å². The van der Waals surface area contributed by atoms with Gasteiger partial charge < -0.3 is 16.0 Å². The Balaban J connectivity index is 1.56. The maximum atomic E-state index is 12.8. The van der Waals surface area contributed by atoms with Crippen LogP contribution in [-0.4, -0.2) is 53.7 Å². The van der Waals surface area contributed by atoms with Gasteiger partial charge in [0, 0.05) is 30.9 Å². The van der Waals surface area contributed by atoms with Crippen molar-refractivity contribution < 1.29 is 14.4 Å². The minimum absolute atomic E-state index is 0.00156. The van der Waals surface area contributed by atoms with E-state index in [1.54, 1.807) is 19.2 Å². The molecule has 0 atom stereocenters. The Labute approximate surface area is 183 Å². The molecule has 7 heteroatoms. The Morgan fingerprint density at radius 2 is 1.61 bits per heavy atom. The Hall–Kier alpha value is -3.19. The molecule has 3 N–H and O–H groups in total. The van der Waals surface area contributed by atoms with Gasteiger partial charge in [0.2, 0.25) is 17.7 Å². The van der Waals surface area contributed by atoms with E-state index >= 15 is 0 Å². The average Bonchev–Trinajstić information content (AvgIpc) is 3.56. The normalized spacial score (nSPS) is 13.2. The molecular formula is C24H30N4O3. The van der Waals surface area contributed by atoms with Gasteiger partial charge in [-0.1, -0.05) is 30.3 Å². The second-order valence-corrected chi connectivity index (χ2v) is 8.26. The summed E-state index contributed by atoms with van der Waals surface area (Å²) in [6.07, 6.45) is 2.12. The highest BCUT2D eigenvalue weighted by Crippen LogP contribution is 2.28. The molecule has 0 saturated heterocycles. The van der Waals surface area contributed by atoms with Crippen LogP contribution in [0.2, 0.25) is 0 Å². The minimum atomic E-state index is -0.457. The third-order valence-corrected chi connectivity index (χ3v) is 5.58. The van der Waals surface area contributed by atoms with Crippen LogP contribution in [0.1, 0.15) is 39.9 Å². The lowest BCUT2D eigenvalue weighted by Gasteiger charge is -2.25. The third-order valence-electron chi connectivity index (χ3n) is 5.58. The van der Waals surface area contributed by atoms with Gasteiger partial charge >= 0.3 is 0 Å². The summed E-state index contributed by atoms with van der Waals surface area (Å²) in [6.45, 7) is 4.74. The van der Waals surface area contributed by atoms with Crippen molar-refractivity contribution in [3.05, 3.63) is 64.7 Å². The number of nitrogens with two attached hydrogens (primary N) is 1. The highest BCUT2D eigenvalue weighted by atomic mass is 16.2. The van der Waals surface area contributed by atoms with E-state index in [1.807, 2.05) is 44.2 Å². The number of amides is 3. The van der Waals surface area contributed by atoms with Crippen LogP contribution in [0, 0.1) is 13.8 Å². The van der Waals surface area contributed by atoms with E-state index in [0.717, 1.165) is 35.2 Å². The zero-order chi connectivity index (χ0) is 22.5. The number of benzene rings is 2. The molecule has 0 aromatic heterocycles. The van der Waals surface area contributed by atoms with Crippen LogP contribution in [0.5, 0.6) is 0 Å². The van der Waals surface area contributed by atoms with Gasteiger partial charge in [-0.15, -0.1) is 0 Å². The Morgan fingerprint density at radius 3 is 2.16 bits per heavy atom. The van der Waals surface area contributed by atoms with E-state index in [0.29, 0.717) is 18.2 Å². The molecule has 0 unspecified atom stereocenters. The van der Waals surface area contributed by atoms with Crippen molar-refractivity contribution in [3.63, 3.8) is 0 Å².